The van der Waals surface area contributed by atoms with Crippen molar-refractivity contribution in [1.82, 2.24) is 5.32 Å². The van der Waals surface area contributed by atoms with Crippen LogP contribution < -0.4 is 19.5 Å². The van der Waals surface area contributed by atoms with Gasteiger partial charge in [0.25, 0.3) is 0 Å². The van der Waals surface area contributed by atoms with Crippen LogP contribution in [0.3, 0.4) is 0 Å². The first-order valence-corrected chi connectivity index (χ1v) is 10.3. The fraction of sp³-hybridized carbons (Fsp3) is 0.435. The Morgan fingerprint density at radius 1 is 0.969 bits per heavy atom. The Hall–Kier alpha value is -2.85. The normalized spacial score (nSPS) is 29.5. The van der Waals surface area contributed by atoms with Gasteiger partial charge in [-0.2, -0.15) is 0 Å². The van der Waals surface area contributed by atoms with Crippen molar-refractivity contribution in [3.63, 3.8) is 0 Å². The van der Waals surface area contributed by atoms with E-state index in [1.165, 1.54) is 6.92 Å². The van der Waals surface area contributed by atoms with E-state index in [1.54, 1.807) is 50.6 Å². The minimum absolute atomic E-state index is 0.188. The summed E-state index contributed by atoms with van der Waals surface area (Å²) >= 11 is 0. The first kappa shape index (κ1) is 22.3. The maximum Gasteiger partial charge on any atom is 0.223 e. The van der Waals surface area contributed by atoms with Gasteiger partial charge in [0, 0.05) is 12.5 Å². The van der Waals surface area contributed by atoms with Gasteiger partial charge in [0.15, 0.2) is 6.29 Å². The summed E-state index contributed by atoms with van der Waals surface area (Å²) in [7, 11) is 3.17. The molecule has 0 aromatic heterocycles. The van der Waals surface area contributed by atoms with Crippen LogP contribution in [0.15, 0.2) is 48.5 Å². The summed E-state index contributed by atoms with van der Waals surface area (Å²) in [6, 6.07) is 13.4. The zero-order chi connectivity index (χ0) is 22.7. The van der Waals surface area contributed by atoms with Crippen LogP contribution in [0, 0.1) is 0 Å². The summed E-state index contributed by atoms with van der Waals surface area (Å²) in [6.07, 6.45) is -3.99. The van der Waals surface area contributed by atoms with Gasteiger partial charge in [-0.3, -0.25) is 4.79 Å². The van der Waals surface area contributed by atoms with Crippen molar-refractivity contribution in [1.29, 1.82) is 0 Å². The van der Waals surface area contributed by atoms with E-state index in [9.17, 15) is 9.90 Å². The molecule has 0 unspecified atom stereocenters. The summed E-state index contributed by atoms with van der Waals surface area (Å²) in [5, 5.41) is 13.8. The average Bonchev–Trinajstić information content (AvgIpc) is 2.82. The topological polar surface area (TPSA) is 105 Å². The van der Waals surface area contributed by atoms with Gasteiger partial charge >= 0.3 is 0 Å². The number of carbonyl (C=O) groups excluding carboxylic acids is 1. The number of aliphatic hydroxyl groups excluding tert-OH is 1. The first-order valence-electron chi connectivity index (χ1n) is 10.3. The average molecular weight is 445 g/mol. The second-order valence-electron chi connectivity index (χ2n) is 7.59. The van der Waals surface area contributed by atoms with Crippen molar-refractivity contribution in [3.05, 3.63) is 54.1 Å². The van der Waals surface area contributed by atoms with Crippen LogP contribution in [0.4, 0.5) is 0 Å². The van der Waals surface area contributed by atoms with Crippen molar-refractivity contribution >= 4 is 5.91 Å². The minimum Gasteiger partial charge on any atom is -0.497 e. The summed E-state index contributed by atoms with van der Waals surface area (Å²) in [5.41, 5.74) is 0.782. The molecule has 0 aliphatic carbocycles. The molecule has 0 radical (unpaired) electrons. The van der Waals surface area contributed by atoms with Gasteiger partial charge in [-0.05, 0) is 36.4 Å². The highest BCUT2D eigenvalue weighted by Crippen LogP contribution is 2.35. The standard InChI is InChI=1S/C23H27NO8/c1-13(25)24-19-20(26)21-18(31-23(19)30-17-10-8-16(28-3)9-11-17)12-29-22(32-21)14-4-6-15(27-2)7-5-14/h4-11,18-23,26H,12H2,1-3H3,(H,24,25)/t18-,19+,20+,21+,22+,23-/m1/s1. The molecule has 0 spiro atoms. The fourth-order valence-corrected chi connectivity index (χ4v) is 3.80. The lowest BCUT2D eigenvalue weighted by Gasteiger charge is -2.47. The highest BCUT2D eigenvalue weighted by molar-refractivity contribution is 5.73. The summed E-state index contributed by atoms with van der Waals surface area (Å²) in [4.78, 5) is 11.8. The molecule has 2 N–H and O–H groups in total. The van der Waals surface area contributed by atoms with Crippen LogP contribution in [0.1, 0.15) is 18.8 Å². The summed E-state index contributed by atoms with van der Waals surface area (Å²) in [5.74, 6) is 1.58. The van der Waals surface area contributed by atoms with E-state index < -0.39 is 36.9 Å². The number of carbonyl (C=O) groups is 1. The van der Waals surface area contributed by atoms with E-state index in [0.29, 0.717) is 17.2 Å². The van der Waals surface area contributed by atoms with Crippen molar-refractivity contribution < 1.29 is 38.3 Å². The number of aliphatic hydroxyl groups is 1. The van der Waals surface area contributed by atoms with Gasteiger partial charge in [0.2, 0.25) is 12.2 Å². The Bertz CT molecular complexity index is 903. The number of methoxy groups -OCH3 is 2. The van der Waals surface area contributed by atoms with Crippen molar-refractivity contribution in [2.75, 3.05) is 20.8 Å². The molecular weight excluding hydrogens is 418 g/mol. The quantitative estimate of drug-likeness (QED) is 0.694. The molecule has 0 saturated carbocycles. The molecule has 2 aromatic rings. The van der Waals surface area contributed by atoms with Crippen molar-refractivity contribution in [3.8, 4) is 17.2 Å². The molecule has 2 aliphatic heterocycles. The molecular formula is C23H27NO8. The predicted molar refractivity (Wildman–Crippen MR) is 112 cm³/mol. The molecule has 2 aromatic carbocycles. The number of hydrogen-bond acceptors (Lipinski definition) is 8. The van der Waals surface area contributed by atoms with Crippen molar-refractivity contribution in [2.45, 2.75) is 43.9 Å². The van der Waals surface area contributed by atoms with Gasteiger partial charge in [0.05, 0.1) is 20.8 Å². The number of benzene rings is 2. The maximum absolute atomic E-state index is 11.8. The van der Waals surface area contributed by atoms with Crippen LogP contribution in [-0.2, 0) is 19.0 Å². The van der Waals surface area contributed by atoms with E-state index in [1.807, 2.05) is 12.1 Å². The van der Waals surface area contributed by atoms with E-state index in [-0.39, 0.29) is 12.5 Å². The van der Waals surface area contributed by atoms with Crippen LogP contribution in [0.25, 0.3) is 0 Å². The number of ether oxygens (including phenoxy) is 6. The highest BCUT2D eigenvalue weighted by Gasteiger charge is 2.50. The molecule has 2 fully saturated rings. The number of fused-ring (bicyclic) bond motifs is 1. The van der Waals surface area contributed by atoms with E-state index in [0.717, 1.165) is 5.56 Å². The third kappa shape index (κ3) is 4.81. The minimum atomic E-state index is -1.08. The SMILES string of the molecule is COc1ccc(O[C@@H]2O[C@@H]3CO[C@H](c4ccc(OC)cc4)O[C@@H]3[C@@H](O)[C@@H]2NC(C)=O)cc1. The lowest BCUT2D eigenvalue weighted by Crippen LogP contribution is -2.67. The maximum atomic E-state index is 11.8. The molecule has 6 atom stereocenters. The molecule has 0 bridgehead atoms. The van der Waals surface area contributed by atoms with Gasteiger partial charge in [0.1, 0.15) is 41.6 Å². The van der Waals surface area contributed by atoms with Crippen LogP contribution >= 0.6 is 0 Å². The number of hydrogen-bond donors (Lipinski definition) is 2. The molecule has 1 amide bonds. The van der Waals surface area contributed by atoms with Gasteiger partial charge in [-0.25, -0.2) is 0 Å². The second-order valence-corrected chi connectivity index (χ2v) is 7.59. The molecule has 2 saturated heterocycles. The molecule has 9 nitrogen and oxygen atoms in total. The number of rotatable bonds is 6. The smallest absolute Gasteiger partial charge is 0.223 e. The monoisotopic (exact) mass is 445 g/mol. The molecule has 2 aliphatic rings. The Balaban J connectivity index is 1.50. The van der Waals surface area contributed by atoms with E-state index in [2.05, 4.69) is 5.32 Å². The van der Waals surface area contributed by atoms with E-state index in [4.69, 9.17) is 28.4 Å². The predicted octanol–water partition coefficient (Wildman–Crippen LogP) is 1.79. The lowest BCUT2D eigenvalue weighted by molar-refractivity contribution is -0.333. The molecule has 2 heterocycles. The third-order valence-electron chi connectivity index (χ3n) is 5.44. The summed E-state index contributed by atoms with van der Waals surface area (Å²) in [6.45, 7) is 1.56. The Kier molecular flexibility index (Phi) is 6.80. The van der Waals surface area contributed by atoms with Crippen LogP contribution in [0.5, 0.6) is 17.2 Å². The Morgan fingerprint density at radius 3 is 2.16 bits per heavy atom. The molecule has 32 heavy (non-hydrogen) atoms. The molecule has 4 rings (SSSR count). The highest BCUT2D eigenvalue weighted by atomic mass is 16.7. The van der Waals surface area contributed by atoms with Gasteiger partial charge < -0.3 is 38.8 Å². The van der Waals surface area contributed by atoms with E-state index >= 15 is 0 Å². The van der Waals surface area contributed by atoms with Crippen LogP contribution in [-0.4, -0.2) is 62.5 Å². The van der Waals surface area contributed by atoms with Gasteiger partial charge in [-0.1, -0.05) is 12.1 Å². The zero-order valence-corrected chi connectivity index (χ0v) is 18.1. The Morgan fingerprint density at radius 2 is 1.56 bits per heavy atom. The lowest BCUT2D eigenvalue weighted by atomic mass is 9.95. The Labute approximate surface area is 186 Å². The second kappa shape index (κ2) is 9.74. The summed E-state index contributed by atoms with van der Waals surface area (Å²) < 4.78 is 34.2. The molecule has 9 heteroatoms. The zero-order valence-electron chi connectivity index (χ0n) is 18.1. The molecule has 172 valence electrons. The number of nitrogens with one attached hydrogen (secondary N) is 1. The van der Waals surface area contributed by atoms with Crippen molar-refractivity contribution in [2.24, 2.45) is 0 Å². The largest absolute Gasteiger partial charge is 0.497 e. The van der Waals surface area contributed by atoms with Crippen LogP contribution in [0.2, 0.25) is 0 Å². The number of amides is 1. The van der Waals surface area contributed by atoms with Gasteiger partial charge in [-0.15, -0.1) is 0 Å². The third-order valence-corrected chi connectivity index (χ3v) is 5.44. The first-order chi connectivity index (χ1) is 15.5. The fourth-order valence-electron chi connectivity index (χ4n) is 3.80.